The predicted octanol–water partition coefficient (Wildman–Crippen LogP) is 3.70. The molecule has 5 nitrogen and oxygen atoms in total. The Hall–Kier alpha value is -3.21. The van der Waals surface area contributed by atoms with E-state index in [1.54, 1.807) is 25.7 Å². The molecular weight excluding hydrogens is 288 g/mol. The molecule has 1 aromatic carbocycles. The number of nitrogens with one attached hydrogen (secondary N) is 1. The second kappa shape index (κ2) is 5.53. The van der Waals surface area contributed by atoms with Gasteiger partial charge >= 0.3 is 0 Å². The van der Waals surface area contributed by atoms with Gasteiger partial charge in [0.05, 0.1) is 12.8 Å². The first-order chi connectivity index (χ1) is 11.3. The standard InChI is InChI=1S/C18H14N4O/c1-23-17-6-5-12(10-13(17)14-4-2-3-7-19-14)15-11-16-18(22-15)21-9-8-20-16/h2-11H,1H3,(H,21,22). The lowest BCUT2D eigenvalue weighted by Crippen LogP contribution is -1.91. The molecule has 0 spiro atoms. The molecule has 0 bridgehead atoms. The number of rotatable bonds is 3. The van der Waals surface area contributed by atoms with E-state index >= 15 is 0 Å². The lowest BCUT2D eigenvalue weighted by molar-refractivity contribution is 0.416. The van der Waals surface area contributed by atoms with Crippen molar-refractivity contribution >= 4 is 11.2 Å². The topological polar surface area (TPSA) is 63.7 Å². The zero-order chi connectivity index (χ0) is 15.6. The molecule has 0 aliphatic carbocycles. The molecular formula is C18H14N4O. The number of hydrogen-bond donors (Lipinski definition) is 1. The van der Waals surface area contributed by atoms with Gasteiger partial charge in [0.25, 0.3) is 0 Å². The average Bonchev–Trinajstić information content (AvgIpc) is 3.06. The van der Waals surface area contributed by atoms with E-state index < -0.39 is 0 Å². The number of ether oxygens (including phenoxy) is 1. The fourth-order valence-electron chi connectivity index (χ4n) is 2.60. The minimum atomic E-state index is 0.776. The average molecular weight is 302 g/mol. The molecule has 0 aliphatic heterocycles. The van der Waals surface area contributed by atoms with Crippen molar-refractivity contribution in [2.45, 2.75) is 0 Å². The maximum absolute atomic E-state index is 5.47. The number of H-pyrrole nitrogens is 1. The van der Waals surface area contributed by atoms with E-state index in [9.17, 15) is 0 Å². The summed E-state index contributed by atoms with van der Waals surface area (Å²) >= 11 is 0. The number of hydrogen-bond acceptors (Lipinski definition) is 4. The van der Waals surface area contributed by atoms with Crippen LogP contribution in [-0.2, 0) is 0 Å². The highest BCUT2D eigenvalue weighted by Gasteiger charge is 2.11. The van der Waals surface area contributed by atoms with Gasteiger partial charge in [-0.2, -0.15) is 0 Å². The highest BCUT2D eigenvalue weighted by molar-refractivity contribution is 5.82. The van der Waals surface area contributed by atoms with Crippen LogP contribution in [0, 0.1) is 0 Å². The lowest BCUT2D eigenvalue weighted by atomic mass is 10.0. The Labute approximate surface area is 133 Å². The second-order valence-corrected chi connectivity index (χ2v) is 5.10. The minimum Gasteiger partial charge on any atom is -0.496 e. The van der Waals surface area contributed by atoms with Crippen LogP contribution < -0.4 is 4.74 Å². The number of pyridine rings is 1. The van der Waals surface area contributed by atoms with Crippen LogP contribution in [0.3, 0.4) is 0 Å². The van der Waals surface area contributed by atoms with E-state index in [4.69, 9.17) is 4.74 Å². The van der Waals surface area contributed by atoms with Crippen LogP contribution in [0.25, 0.3) is 33.7 Å². The van der Waals surface area contributed by atoms with Crippen LogP contribution in [0.1, 0.15) is 0 Å². The normalized spacial score (nSPS) is 10.8. The van der Waals surface area contributed by atoms with Crippen LogP contribution in [0.15, 0.2) is 61.1 Å². The summed E-state index contributed by atoms with van der Waals surface area (Å²) in [5.74, 6) is 0.791. The van der Waals surface area contributed by atoms with E-state index in [1.165, 1.54) is 0 Å². The van der Waals surface area contributed by atoms with Gasteiger partial charge in [0.2, 0.25) is 0 Å². The molecule has 0 fully saturated rings. The Morgan fingerprint density at radius 1 is 0.913 bits per heavy atom. The zero-order valence-electron chi connectivity index (χ0n) is 12.5. The van der Waals surface area contributed by atoms with E-state index in [2.05, 4.69) is 26.0 Å². The molecule has 5 heteroatoms. The fraction of sp³-hybridized carbons (Fsp3) is 0.0556. The molecule has 0 atom stereocenters. The van der Waals surface area contributed by atoms with Gasteiger partial charge in [-0.3, -0.25) is 9.97 Å². The molecule has 4 aromatic rings. The molecule has 0 saturated heterocycles. The van der Waals surface area contributed by atoms with Gasteiger partial charge in [-0.25, -0.2) is 4.98 Å². The van der Waals surface area contributed by atoms with E-state index in [-0.39, 0.29) is 0 Å². The van der Waals surface area contributed by atoms with Crippen LogP contribution in [0.2, 0.25) is 0 Å². The highest BCUT2D eigenvalue weighted by Crippen LogP contribution is 2.33. The summed E-state index contributed by atoms with van der Waals surface area (Å²) < 4.78 is 5.47. The van der Waals surface area contributed by atoms with Gasteiger partial charge in [-0.15, -0.1) is 0 Å². The molecule has 4 rings (SSSR count). The highest BCUT2D eigenvalue weighted by atomic mass is 16.5. The first-order valence-corrected chi connectivity index (χ1v) is 7.25. The Morgan fingerprint density at radius 2 is 1.83 bits per heavy atom. The van der Waals surface area contributed by atoms with Crippen LogP contribution in [-0.4, -0.2) is 27.0 Å². The number of fused-ring (bicyclic) bond motifs is 1. The van der Waals surface area contributed by atoms with Crippen molar-refractivity contribution in [2.24, 2.45) is 0 Å². The monoisotopic (exact) mass is 302 g/mol. The van der Waals surface area contributed by atoms with Crippen molar-refractivity contribution in [1.82, 2.24) is 19.9 Å². The third-order valence-corrected chi connectivity index (χ3v) is 3.71. The van der Waals surface area contributed by atoms with E-state index in [0.717, 1.165) is 39.4 Å². The Balaban J connectivity index is 1.86. The number of benzene rings is 1. The molecule has 112 valence electrons. The van der Waals surface area contributed by atoms with Crippen molar-refractivity contribution in [3.8, 4) is 28.3 Å². The van der Waals surface area contributed by atoms with Crippen LogP contribution >= 0.6 is 0 Å². The Bertz CT molecular complexity index is 930. The third-order valence-electron chi connectivity index (χ3n) is 3.71. The quantitative estimate of drug-likeness (QED) is 0.627. The molecule has 0 saturated carbocycles. The first kappa shape index (κ1) is 13.5. The van der Waals surface area contributed by atoms with Gasteiger partial charge in [0.15, 0.2) is 5.65 Å². The van der Waals surface area contributed by atoms with Crippen molar-refractivity contribution in [3.05, 3.63) is 61.1 Å². The summed E-state index contributed by atoms with van der Waals surface area (Å²) in [6, 6.07) is 13.8. The summed E-state index contributed by atoms with van der Waals surface area (Å²) in [5, 5.41) is 0. The first-order valence-electron chi connectivity index (χ1n) is 7.25. The van der Waals surface area contributed by atoms with Gasteiger partial charge < -0.3 is 9.72 Å². The molecule has 3 heterocycles. The SMILES string of the molecule is COc1ccc(-c2cc3nccnc3[nH]2)cc1-c1ccccn1. The van der Waals surface area contributed by atoms with Crippen molar-refractivity contribution < 1.29 is 4.74 Å². The van der Waals surface area contributed by atoms with Crippen molar-refractivity contribution in [2.75, 3.05) is 7.11 Å². The molecule has 0 radical (unpaired) electrons. The maximum Gasteiger partial charge on any atom is 0.156 e. The number of aromatic amines is 1. The zero-order valence-corrected chi connectivity index (χ0v) is 12.5. The van der Waals surface area contributed by atoms with E-state index in [0.29, 0.717) is 0 Å². The lowest BCUT2D eigenvalue weighted by Gasteiger charge is -2.09. The van der Waals surface area contributed by atoms with Crippen molar-refractivity contribution in [3.63, 3.8) is 0 Å². The number of methoxy groups -OCH3 is 1. The molecule has 3 aromatic heterocycles. The predicted molar refractivity (Wildman–Crippen MR) is 89.1 cm³/mol. The maximum atomic E-state index is 5.47. The van der Waals surface area contributed by atoms with Gasteiger partial charge in [0, 0.05) is 29.8 Å². The molecule has 0 amide bonds. The van der Waals surface area contributed by atoms with Gasteiger partial charge in [-0.05, 0) is 42.0 Å². The summed E-state index contributed by atoms with van der Waals surface area (Å²) in [4.78, 5) is 16.3. The Morgan fingerprint density at radius 3 is 2.61 bits per heavy atom. The Kier molecular flexibility index (Phi) is 3.24. The summed E-state index contributed by atoms with van der Waals surface area (Å²) in [6.07, 6.45) is 5.14. The summed E-state index contributed by atoms with van der Waals surface area (Å²) in [7, 11) is 1.66. The van der Waals surface area contributed by atoms with Gasteiger partial charge in [-0.1, -0.05) is 6.07 Å². The third kappa shape index (κ3) is 2.42. The van der Waals surface area contributed by atoms with E-state index in [1.807, 2.05) is 36.4 Å². The van der Waals surface area contributed by atoms with Crippen molar-refractivity contribution in [1.29, 1.82) is 0 Å². The molecule has 23 heavy (non-hydrogen) atoms. The smallest absolute Gasteiger partial charge is 0.156 e. The number of aromatic nitrogens is 4. The van der Waals surface area contributed by atoms with Crippen LogP contribution in [0.5, 0.6) is 5.75 Å². The summed E-state index contributed by atoms with van der Waals surface area (Å²) in [5.41, 5.74) is 5.44. The second-order valence-electron chi connectivity index (χ2n) is 5.10. The number of nitrogens with zero attached hydrogens (tertiary/aromatic N) is 3. The molecule has 0 unspecified atom stereocenters. The minimum absolute atomic E-state index is 0.776. The van der Waals surface area contributed by atoms with Crippen LogP contribution in [0.4, 0.5) is 0 Å². The fourth-order valence-corrected chi connectivity index (χ4v) is 2.60. The molecule has 0 aliphatic rings. The summed E-state index contributed by atoms with van der Waals surface area (Å²) in [6.45, 7) is 0. The molecule has 1 N–H and O–H groups in total. The van der Waals surface area contributed by atoms with Gasteiger partial charge in [0.1, 0.15) is 11.3 Å². The largest absolute Gasteiger partial charge is 0.496 e.